The molecule has 1 aliphatic carbocycles. The van der Waals surface area contributed by atoms with Gasteiger partial charge in [0, 0.05) is 36.0 Å². The molecule has 0 unspecified atom stereocenters. The van der Waals surface area contributed by atoms with Crippen molar-refractivity contribution in [3.8, 4) is 5.75 Å². The summed E-state index contributed by atoms with van der Waals surface area (Å²) in [6.07, 6.45) is 2.05. The molecule has 0 radical (unpaired) electrons. The smallest absolute Gasteiger partial charge is 0.266 e. The third-order valence-corrected chi connectivity index (χ3v) is 6.96. The molecule has 0 bridgehead atoms. The van der Waals surface area contributed by atoms with Gasteiger partial charge in [-0.3, -0.25) is 10.2 Å². The van der Waals surface area contributed by atoms with E-state index in [2.05, 4.69) is 20.9 Å². The van der Waals surface area contributed by atoms with Gasteiger partial charge in [-0.1, -0.05) is 59.7 Å². The third-order valence-electron chi connectivity index (χ3n) is 6.96. The van der Waals surface area contributed by atoms with E-state index in [-0.39, 0.29) is 25.1 Å². The Balaban J connectivity index is 1.57. The molecule has 10 nitrogen and oxygen atoms in total. The molecule has 0 saturated heterocycles. The predicted octanol–water partition coefficient (Wildman–Crippen LogP) is 4.54. The molecule has 1 saturated carbocycles. The van der Waals surface area contributed by atoms with Crippen LogP contribution in [0.25, 0.3) is 10.4 Å². The van der Waals surface area contributed by atoms with Gasteiger partial charge < -0.3 is 14.6 Å². The van der Waals surface area contributed by atoms with Crippen molar-refractivity contribution in [2.45, 2.75) is 49.9 Å². The first-order valence-electron chi connectivity index (χ1n) is 13.4. The lowest BCUT2D eigenvalue weighted by Crippen LogP contribution is -2.54. The van der Waals surface area contributed by atoms with Gasteiger partial charge in [-0.15, -0.1) is 0 Å². The molecule has 1 aliphatic heterocycles. The van der Waals surface area contributed by atoms with E-state index in [1.165, 1.54) is 0 Å². The van der Waals surface area contributed by atoms with E-state index in [4.69, 9.17) is 25.1 Å². The van der Waals surface area contributed by atoms with E-state index in [1.807, 2.05) is 78.9 Å². The van der Waals surface area contributed by atoms with Gasteiger partial charge in [0.2, 0.25) is 5.90 Å². The predicted molar refractivity (Wildman–Crippen MR) is 150 cm³/mol. The molecule has 3 N–H and O–H groups in total. The number of amides is 1. The quantitative estimate of drug-likeness (QED) is 0.0960. The van der Waals surface area contributed by atoms with Crippen LogP contribution in [0.5, 0.6) is 5.75 Å². The molecule has 3 aromatic rings. The second-order valence-electron chi connectivity index (χ2n) is 9.91. The fourth-order valence-corrected chi connectivity index (χ4v) is 4.71. The minimum atomic E-state index is -1.35. The number of aliphatic hydroxyl groups is 1. The number of carbonyl (C=O) groups is 1. The molecule has 0 spiro atoms. The van der Waals surface area contributed by atoms with E-state index in [0.29, 0.717) is 36.7 Å². The van der Waals surface area contributed by atoms with E-state index < -0.39 is 11.6 Å². The molecule has 40 heavy (non-hydrogen) atoms. The van der Waals surface area contributed by atoms with Crippen LogP contribution in [-0.4, -0.2) is 41.7 Å². The fourth-order valence-electron chi connectivity index (χ4n) is 4.71. The van der Waals surface area contributed by atoms with E-state index in [0.717, 1.165) is 29.5 Å². The van der Waals surface area contributed by atoms with Gasteiger partial charge in [-0.2, -0.15) is 0 Å². The van der Waals surface area contributed by atoms with Crippen LogP contribution in [-0.2, 0) is 22.5 Å². The maximum absolute atomic E-state index is 14.1. The van der Waals surface area contributed by atoms with Crippen molar-refractivity contribution in [3.05, 3.63) is 112 Å². The highest BCUT2D eigenvalue weighted by Gasteiger charge is 2.54. The number of nitrogens with zero attached hydrogens (tertiary/aromatic N) is 4. The highest BCUT2D eigenvalue weighted by atomic mass is 16.5. The zero-order chi connectivity index (χ0) is 27.8. The summed E-state index contributed by atoms with van der Waals surface area (Å²) in [4.78, 5) is 22.1. The van der Waals surface area contributed by atoms with E-state index in [9.17, 15) is 4.79 Å². The highest BCUT2D eigenvalue weighted by molar-refractivity contribution is 6.01. The molecule has 2 atom stereocenters. The number of rotatable bonds is 13. The average Bonchev–Trinajstić information content (AvgIpc) is 3.75. The van der Waals surface area contributed by atoms with Gasteiger partial charge in [0.25, 0.3) is 5.91 Å². The number of benzene rings is 3. The maximum atomic E-state index is 14.1. The van der Waals surface area contributed by atoms with Gasteiger partial charge in [-0.05, 0) is 59.3 Å². The van der Waals surface area contributed by atoms with Crippen LogP contribution in [0.4, 0.5) is 0 Å². The van der Waals surface area contributed by atoms with Crippen molar-refractivity contribution in [1.29, 1.82) is 0 Å². The number of hydrogen-bond donors (Lipinski definition) is 3. The number of azide groups is 1. The zero-order valence-electron chi connectivity index (χ0n) is 22.1. The molecule has 206 valence electrons. The van der Waals surface area contributed by atoms with Crippen molar-refractivity contribution in [3.63, 3.8) is 0 Å². The Morgan fingerprint density at radius 1 is 1.10 bits per heavy atom. The monoisotopic (exact) mass is 540 g/mol. The minimum Gasteiger partial charge on any atom is -0.494 e. The second kappa shape index (κ2) is 12.7. The molecule has 1 amide bonds. The summed E-state index contributed by atoms with van der Waals surface area (Å²) in [7, 11) is 0. The second-order valence-corrected chi connectivity index (χ2v) is 9.91. The molecule has 2 aliphatic rings. The van der Waals surface area contributed by atoms with Gasteiger partial charge in [0.15, 0.2) is 11.6 Å². The van der Waals surface area contributed by atoms with Crippen LogP contribution in [0.15, 0.2) is 89.0 Å². The molecular formula is C30H32N6O4. The molecule has 1 heterocycles. The highest BCUT2D eigenvalue weighted by Crippen LogP contribution is 2.43. The van der Waals surface area contributed by atoms with Gasteiger partial charge in [0.1, 0.15) is 5.75 Å². The molecule has 0 aromatic heterocycles. The van der Waals surface area contributed by atoms with E-state index in [1.54, 1.807) is 0 Å². The van der Waals surface area contributed by atoms with Crippen molar-refractivity contribution in [2.75, 3.05) is 13.2 Å². The van der Waals surface area contributed by atoms with Crippen LogP contribution in [0.2, 0.25) is 0 Å². The number of ether oxygens (including phenoxy) is 2. The van der Waals surface area contributed by atoms with Gasteiger partial charge >= 0.3 is 0 Å². The fraction of sp³-hybridized carbons (Fsp3) is 0.333. The first-order valence-corrected chi connectivity index (χ1v) is 13.4. The number of nitrogens with one attached hydrogen (secondary N) is 2. The number of aliphatic imine (C=N–C) groups is 1. The van der Waals surface area contributed by atoms with Gasteiger partial charge in [0.05, 0.1) is 13.2 Å². The summed E-state index contributed by atoms with van der Waals surface area (Å²) in [5.41, 5.74) is 16.8. The van der Waals surface area contributed by atoms with Crippen LogP contribution in [0, 0.1) is 0 Å². The van der Waals surface area contributed by atoms with Crippen LogP contribution < -0.4 is 15.6 Å². The average molecular weight is 541 g/mol. The number of hydrogen-bond acceptors (Lipinski definition) is 7. The largest absolute Gasteiger partial charge is 0.494 e. The van der Waals surface area contributed by atoms with E-state index >= 15 is 0 Å². The normalized spacial score (nSPS) is 19.7. The van der Waals surface area contributed by atoms with Crippen molar-refractivity contribution in [1.82, 2.24) is 10.9 Å². The maximum Gasteiger partial charge on any atom is 0.266 e. The summed E-state index contributed by atoms with van der Waals surface area (Å²) >= 11 is 0. The Bertz CT molecular complexity index is 1390. The lowest BCUT2D eigenvalue weighted by molar-refractivity contribution is -0.130. The molecule has 10 heteroatoms. The number of hydrazine groups is 1. The van der Waals surface area contributed by atoms with Gasteiger partial charge in [-0.25, -0.2) is 10.4 Å². The molecule has 1 fully saturated rings. The topological polar surface area (TPSA) is 141 Å². The van der Waals surface area contributed by atoms with Crippen molar-refractivity contribution in [2.24, 2.45) is 10.1 Å². The molecule has 3 aromatic carbocycles. The summed E-state index contributed by atoms with van der Waals surface area (Å²) in [5.74, 6) is 0.697. The minimum absolute atomic E-state index is 0.0619. The molecular weight excluding hydrogens is 508 g/mol. The third kappa shape index (κ3) is 6.26. The summed E-state index contributed by atoms with van der Waals surface area (Å²) in [6, 6.07) is 24.8. The Morgan fingerprint density at radius 2 is 1.85 bits per heavy atom. The van der Waals surface area contributed by atoms with Crippen molar-refractivity contribution >= 4 is 11.8 Å². The van der Waals surface area contributed by atoms with Crippen LogP contribution in [0.1, 0.15) is 47.6 Å². The van der Waals surface area contributed by atoms with Crippen LogP contribution in [0.3, 0.4) is 0 Å². The molecule has 5 rings (SSSR count). The first-order chi connectivity index (χ1) is 19.6. The SMILES string of the molecule is [N-]=[N+]=NCc1ccccc1[C@@H]1OC(c2ccc(OCCCO)cc2)=N[C@]1(Cc1ccccc1)C(=O)NNC1CC1. The Kier molecular flexibility index (Phi) is 8.61. The number of aliphatic hydroxyl groups excluding tert-OH is 1. The van der Waals surface area contributed by atoms with Crippen LogP contribution >= 0.6 is 0 Å². The Labute approximate surface area is 232 Å². The summed E-state index contributed by atoms with van der Waals surface area (Å²) < 4.78 is 12.3. The first kappa shape index (κ1) is 27.2. The summed E-state index contributed by atoms with van der Waals surface area (Å²) in [5, 5.41) is 12.8. The summed E-state index contributed by atoms with van der Waals surface area (Å²) in [6.45, 7) is 0.587. The lowest BCUT2D eigenvalue weighted by Gasteiger charge is -2.31. The standard InChI is InChI=1S/C30H32N6O4/c31-36-32-20-23-9-4-5-10-26(23)27-30(19-21-7-2-1-3-8-21,29(38)35-34-24-13-14-24)33-28(40-27)22-11-15-25(16-12-22)39-18-6-17-37/h1-5,7-12,15-16,24,27,34,37H,6,13-14,17-20H2,(H,35,38)/t27-,30-/m0/s1. The van der Waals surface area contributed by atoms with Crippen molar-refractivity contribution < 1.29 is 19.4 Å². The lowest BCUT2D eigenvalue weighted by atomic mass is 9.81. The zero-order valence-corrected chi connectivity index (χ0v) is 22.1. The number of carbonyl (C=O) groups excluding carboxylic acids is 1. The Hall–Kier alpha value is -4.37. The Morgan fingerprint density at radius 3 is 2.58 bits per heavy atom.